The largest absolute Gasteiger partial charge is 0.466 e. The van der Waals surface area contributed by atoms with E-state index in [0.29, 0.717) is 12.3 Å². The van der Waals surface area contributed by atoms with E-state index in [1.165, 1.54) is 7.11 Å². The van der Waals surface area contributed by atoms with Gasteiger partial charge in [0.2, 0.25) is 0 Å². The molecule has 0 saturated carbocycles. The quantitative estimate of drug-likeness (QED) is 0.0775. The maximum absolute atomic E-state index is 11.9. The lowest BCUT2D eigenvalue weighted by atomic mass is 9.79. The molecule has 5 saturated heterocycles. The summed E-state index contributed by atoms with van der Waals surface area (Å²) in [6.07, 6.45) is 18.1. The molecule has 11 heteroatoms. The van der Waals surface area contributed by atoms with Gasteiger partial charge in [-0.1, -0.05) is 84.9 Å². The normalized spacial score (nSPS) is 38.6. The molecule has 9 nitrogen and oxygen atoms in total. The highest BCUT2D eigenvalue weighted by Gasteiger charge is 2.60. The zero-order chi connectivity index (χ0) is 47.0. The summed E-state index contributed by atoms with van der Waals surface area (Å²) >= 11 is 0. The number of hydrogen-bond acceptors (Lipinski definition) is 9. The van der Waals surface area contributed by atoms with Gasteiger partial charge in [0.1, 0.15) is 6.10 Å². The van der Waals surface area contributed by atoms with E-state index >= 15 is 0 Å². The van der Waals surface area contributed by atoms with E-state index in [4.69, 9.17) is 37.3 Å². The molecule has 5 aliphatic rings. The van der Waals surface area contributed by atoms with Crippen molar-refractivity contribution < 1.29 is 42.1 Å². The van der Waals surface area contributed by atoms with Crippen LogP contribution in [0.3, 0.4) is 0 Å². The molecular weight excluding hydrogens is 825 g/mol. The first kappa shape index (κ1) is 52.6. The summed E-state index contributed by atoms with van der Waals surface area (Å²) in [5.41, 5.74) is 0.481. The second-order valence-corrected chi connectivity index (χ2v) is 33.2. The molecule has 0 aromatic carbocycles. The first-order valence-corrected chi connectivity index (χ1v) is 30.3. The number of rotatable bonds is 13. The third-order valence-electron chi connectivity index (χ3n) is 16.6. The number of carbonyl (C=O) groups excluding carboxylic acids is 1. The van der Waals surface area contributed by atoms with Crippen molar-refractivity contribution in [2.24, 2.45) is 5.92 Å². The van der Waals surface area contributed by atoms with Gasteiger partial charge in [-0.2, -0.15) is 0 Å². The van der Waals surface area contributed by atoms with Crippen molar-refractivity contribution >= 4 is 22.6 Å². The Bertz CT molecular complexity index is 1670. The predicted molar refractivity (Wildman–Crippen MR) is 260 cm³/mol. The number of methoxy groups -OCH3 is 1. The van der Waals surface area contributed by atoms with E-state index in [1.807, 2.05) is 19.1 Å². The summed E-state index contributed by atoms with van der Waals surface area (Å²) in [7, 11) is -2.97. The molecule has 0 aliphatic carbocycles. The van der Waals surface area contributed by atoms with Crippen molar-refractivity contribution in [3.8, 4) is 0 Å². The molecule has 0 spiro atoms. The molecule has 5 aliphatic heterocycles. The van der Waals surface area contributed by atoms with E-state index in [-0.39, 0.29) is 71.0 Å². The number of carbonyl (C=O) groups is 1. The van der Waals surface area contributed by atoms with Crippen LogP contribution in [0.2, 0.25) is 36.3 Å². The van der Waals surface area contributed by atoms with E-state index in [9.17, 15) is 4.79 Å². The number of allylic oxidation sites excluding steroid dienone is 6. The lowest BCUT2D eigenvalue weighted by molar-refractivity contribution is -0.272. The van der Waals surface area contributed by atoms with Gasteiger partial charge >= 0.3 is 5.97 Å². The average Bonchev–Trinajstić information content (AvgIpc) is 3.43. The Labute approximate surface area is 386 Å². The molecule has 5 rings (SSSR count). The lowest BCUT2D eigenvalue weighted by Crippen LogP contribution is -2.60. The predicted octanol–water partition coefficient (Wildman–Crippen LogP) is 12.5. The molecule has 0 amide bonds. The summed E-state index contributed by atoms with van der Waals surface area (Å²) in [5, 5.41) is 0.0995. The molecule has 13 atom stereocenters. The van der Waals surface area contributed by atoms with Crippen LogP contribution in [-0.4, -0.2) is 101 Å². The molecule has 360 valence electrons. The third kappa shape index (κ3) is 12.2. The first-order valence-electron chi connectivity index (χ1n) is 24.5. The second-order valence-electron chi connectivity index (χ2n) is 23.7. The summed E-state index contributed by atoms with van der Waals surface area (Å²) in [5.74, 6) is -0.0307. The Morgan fingerprint density at radius 3 is 2.05 bits per heavy atom. The van der Waals surface area contributed by atoms with Gasteiger partial charge in [0.15, 0.2) is 16.6 Å². The SMILES string of the molecule is C=C/C=C\CC[C@H]1O[C@H]2CC[C@@]3(C)O[C@H]4[C@@H](O[Si](C)(C)C(C)(C)C)C[C@@]5(C)O[C@@H](CC/C=C(C)/C(C)=C/C(=O)OC)[C@@H](C)C[C@@H]5O[C@@H]4C[C@@H]3O[C@@H]2CC[C@]1(C)O[Si](C)(C)C(C)(C)C. The Morgan fingerprint density at radius 1 is 0.794 bits per heavy atom. The zero-order valence-electron chi connectivity index (χ0n) is 42.8. The minimum atomic E-state index is -2.25. The van der Waals surface area contributed by atoms with Gasteiger partial charge in [0, 0.05) is 18.9 Å². The lowest BCUT2D eigenvalue weighted by Gasteiger charge is -2.50. The van der Waals surface area contributed by atoms with Crippen LogP contribution in [0.4, 0.5) is 0 Å². The fourth-order valence-electron chi connectivity index (χ4n) is 10.2. The molecule has 0 N–H and O–H groups in total. The minimum Gasteiger partial charge on any atom is -0.466 e. The standard InChI is InChI=1S/C52H90O9Si2/c1-19-20-21-22-26-43-51(12,61-63(17,18)49(8,9)10)30-28-40-39(55-43)27-29-50(11)45(56-40)33-41-47(59-50)42(60-62(15,16)48(5,6)7)34-52(13)44(57-41)31-37(4)38(58-52)25-23-24-35(2)36(3)32-46(53)54-14/h19-21,24,32,37-45,47H,1,22-23,25-31,33-34H2,2-18H3/b21-20-,35-24+,36-32+/t37-,38-,39-,40+,41+,42-,43+,44-,45-,47+,50+,51-,52+/m0/s1. The third-order valence-corrected chi connectivity index (χ3v) is 25.7. The van der Waals surface area contributed by atoms with Crippen molar-refractivity contribution in [2.45, 2.75) is 262 Å². The van der Waals surface area contributed by atoms with Crippen molar-refractivity contribution in [1.29, 1.82) is 0 Å². The minimum absolute atomic E-state index is 0.0178. The van der Waals surface area contributed by atoms with Crippen LogP contribution in [0.15, 0.2) is 48.1 Å². The summed E-state index contributed by atoms with van der Waals surface area (Å²) in [6, 6.07) is 0. The summed E-state index contributed by atoms with van der Waals surface area (Å²) in [6.45, 7) is 40.4. The Balaban J connectivity index is 1.41. The van der Waals surface area contributed by atoms with Gasteiger partial charge in [-0.05, 0) is 140 Å². The van der Waals surface area contributed by atoms with Gasteiger partial charge in [0.05, 0.1) is 72.7 Å². The summed E-state index contributed by atoms with van der Waals surface area (Å²) in [4.78, 5) is 11.9. The number of fused-ring (bicyclic) bond motifs is 4. The van der Waals surface area contributed by atoms with Crippen LogP contribution < -0.4 is 0 Å². The number of hydrogen-bond donors (Lipinski definition) is 0. The highest BCUT2D eigenvalue weighted by Crippen LogP contribution is 2.52. The highest BCUT2D eigenvalue weighted by atomic mass is 28.4. The van der Waals surface area contributed by atoms with Gasteiger partial charge in [-0.15, -0.1) is 0 Å². The topological polar surface area (TPSA) is 90.9 Å². The van der Waals surface area contributed by atoms with Gasteiger partial charge < -0.3 is 37.3 Å². The first-order chi connectivity index (χ1) is 29.1. The van der Waals surface area contributed by atoms with Crippen molar-refractivity contribution in [1.82, 2.24) is 0 Å². The van der Waals surface area contributed by atoms with Crippen LogP contribution >= 0.6 is 0 Å². The van der Waals surface area contributed by atoms with Crippen molar-refractivity contribution in [3.05, 3.63) is 48.1 Å². The molecule has 5 heterocycles. The smallest absolute Gasteiger partial charge is 0.330 e. The maximum atomic E-state index is 11.9. The van der Waals surface area contributed by atoms with Crippen LogP contribution in [0, 0.1) is 5.92 Å². The molecular formula is C52H90O9Si2. The zero-order valence-corrected chi connectivity index (χ0v) is 44.8. The molecule has 0 aromatic heterocycles. The van der Waals surface area contributed by atoms with Crippen LogP contribution in [0.25, 0.3) is 0 Å². The Morgan fingerprint density at radius 2 is 1.41 bits per heavy atom. The van der Waals surface area contributed by atoms with E-state index in [0.717, 1.165) is 75.4 Å². The highest BCUT2D eigenvalue weighted by molar-refractivity contribution is 6.74. The molecule has 0 radical (unpaired) electrons. The fourth-order valence-corrected chi connectivity index (χ4v) is 13.3. The van der Waals surface area contributed by atoms with Crippen LogP contribution in [-0.2, 0) is 42.1 Å². The van der Waals surface area contributed by atoms with E-state index < -0.39 is 33.4 Å². The van der Waals surface area contributed by atoms with Gasteiger partial charge in [-0.25, -0.2) is 4.79 Å². The number of esters is 1. The second kappa shape index (κ2) is 20.0. The Kier molecular flexibility index (Phi) is 16.7. The van der Waals surface area contributed by atoms with E-state index in [1.54, 1.807) is 6.08 Å². The molecule has 5 fully saturated rings. The van der Waals surface area contributed by atoms with Crippen LogP contribution in [0.1, 0.15) is 154 Å². The van der Waals surface area contributed by atoms with Gasteiger partial charge in [0.25, 0.3) is 0 Å². The average molecular weight is 915 g/mol. The fraction of sp³-hybridized carbons (Fsp3) is 0.827. The Hall–Kier alpha value is -1.42. The van der Waals surface area contributed by atoms with Gasteiger partial charge in [-0.3, -0.25) is 0 Å². The molecule has 63 heavy (non-hydrogen) atoms. The number of ether oxygens (including phenoxy) is 6. The van der Waals surface area contributed by atoms with Crippen LogP contribution in [0.5, 0.6) is 0 Å². The maximum Gasteiger partial charge on any atom is 0.330 e. The molecule has 0 unspecified atom stereocenters. The van der Waals surface area contributed by atoms with E-state index in [2.05, 4.69) is 121 Å². The monoisotopic (exact) mass is 915 g/mol. The molecule has 0 aromatic rings. The summed E-state index contributed by atoms with van der Waals surface area (Å²) < 4.78 is 56.5. The molecule has 0 bridgehead atoms. The van der Waals surface area contributed by atoms with Crippen molar-refractivity contribution in [3.63, 3.8) is 0 Å². The van der Waals surface area contributed by atoms with Crippen molar-refractivity contribution in [2.75, 3.05) is 7.11 Å².